The van der Waals surface area contributed by atoms with Crippen molar-refractivity contribution in [3.63, 3.8) is 0 Å². The number of hydrogen-bond donors (Lipinski definition) is 0. The van der Waals surface area contributed by atoms with Crippen molar-refractivity contribution >= 4 is 0 Å². The van der Waals surface area contributed by atoms with E-state index in [4.69, 9.17) is 5.26 Å². The van der Waals surface area contributed by atoms with Crippen LogP contribution in [-0.4, -0.2) is 0 Å². The first-order valence-corrected chi connectivity index (χ1v) is 5.41. The lowest BCUT2D eigenvalue weighted by Gasteiger charge is -2.11. The third-order valence-electron chi connectivity index (χ3n) is 2.32. The van der Waals surface area contributed by atoms with Crippen LogP contribution in [0.3, 0.4) is 0 Å². The van der Waals surface area contributed by atoms with Crippen LogP contribution in [0.15, 0.2) is 24.8 Å². The maximum atomic E-state index is 8.69. The third-order valence-corrected chi connectivity index (χ3v) is 2.32. The molecule has 0 aliphatic heterocycles. The Bertz CT molecular complexity index is 211. The van der Waals surface area contributed by atoms with E-state index in [2.05, 4.69) is 31.7 Å². The minimum atomic E-state index is 0. The topological polar surface area (TPSA) is 23.8 Å². The molecule has 0 saturated heterocycles. The summed E-state index contributed by atoms with van der Waals surface area (Å²) < 4.78 is 0. The van der Waals surface area contributed by atoms with Gasteiger partial charge in [0.2, 0.25) is 0 Å². The molecule has 0 saturated carbocycles. The van der Waals surface area contributed by atoms with Gasteiger partial charge in [0.25, 0.3) is 0 Å². The van der Waals surface area contributed by atoms with Gasteiger partial charge in [-0.15, -0.1) is 6.58 Å². The molecule has 1 nitrogen and oxygen atoms in total. The van der Waals surface area contributed by atoms with E-state index < -0.39 is 0 Å². The van der Waals surface area contributed by atoms with Crippen LogP contribution in [0.1, 0.15) is 106 Å². The average Bonchev–Trinajstić information content (AvgIpc) is 2.22. The highest BCUT2D eigenvalue weighted by atomic mass is 14.3. The highest BCUT2D eigenvalue weighted by Crippen LogP contribution is 2.18. The summed E-state index contributed by atoms with van der Waals surface area (Å²) in [6.45, 7) is 7.92. The van der Waals surface area contributed by atoms with E-state index >= 15 is 0 Å². The van der Waals surface area contributed by atoms with Crippen LogP contribution in [0, 0.1) is 23.2 Å². The Balaban J connectivity index is -0.0000000235. The monoisotopic (exact) mass is 335 g/mol. The lowest BCUT2D eigenvalue weighted by Crippen LogP contribution is -2.01. The molecule has 1 heteroatoms. The number of nitriles is 1. The number of nitrogens with zero attached hydrogens (tertiary/aromatic N) is 1. The molecular formula is C22H57N. The zero-order valence-corrected chi connectivity index (χ0v) is 9.37. The van der Waals surface area contributed by atoms with Gasteiger partial charge in [0.15, 0.2) is 0 Å². The van der Waals surface area contributed by atoms with Gasteiger partial charge in [-0.2, -0.15) is 5.26 Å². The summed E-state index contributed by atoms with van der Waals surface area (Å²) in [6.07, 6.45) is 10.6. The van der Waals surface area contributed by atoms with Crippen LogP contribution < -0.4 is 0 Å². The van der Waals surface area contributed by atoms with Crippen LogP contribution in [0.2, 0.25) is 0 Å². The molecule has 0 rings (SSSR count). The number of rotatable bonds is 7. The van der Waals surface area contributed by atoms with Gasteiger partial charge in [0.1, 0.15) is 0 Å². The summed E-state index contributed by atoms with van der Waals surface area (Å²) in [5, 5.41) is 8.69. The summed E-state index contributed by atoms with van der Waals surface area (Å²) in [6, 6.07) is 2.27. The largest absolute Gasteiger partial charge is 0.198 e. The second-order valence-corrected chi connectivity index (χ2v) is 3.72. The SMILES string of the molecule is C.C.C.C.C.C.C.C.C.C=CC(CC/C=C\CC)CC(C)C#N. The number of allylic oxidation sites excluding steroid dienone is 3. The Labute approximate surface area is 154 Å². The molecule has 0 bridgehead atoms. The van der Waals surface area contributed by atoms with Crippen molar-refractivity contribution in [2.24, 2.45) is 11.8 Å². The van der Waals surface area contributed by atoms with Gasteiger partial charge in [-0.3, -0.25) is 0 Å². The molecular weight excluding hydrogens is 278 g/mol. The van der Waals surface area contributed by atoms with E-state index in [1.807, 2.05) is 13.0 Å². The summed E-state index contributed by atoms with van der Waals surface area (Å²) in [5.74, 6) is 0.638. The summed E-state index contributed by atoms with van der Waals surface area (Å²) in [4.78, 5) is 0. The fourth-order valence-corrected chi connectivity index (χ4v) is 1.43. The highest BCUT2D eigenvalue weighted by Gasteiger charge is 2.08. The quantitative estimate of drug-likeness (QED) is 0.424. The molecule has 0 aromatic heterocycles. The molecule has 0 aliphatic rings. The molecule has 0 radical (unpaired) electrons. The lowest BCUT2D eigenvalue weighted by molar-refractivity contribution is 0.490. The number of hydrogen-bond acceptors (Lipinski definition) is 1. The Morgan fingerprint density at radius 3 is 1.65 bits per heavy atom. The fraction of sp³-hybridized carbons (Fsp3) is 0.773. The minimum absolute atomic E-state index is 0. The fourth-order valence-electron chi connectivity index (χ4n) is 1.43. The summed E-state index contributed by atoms with van der Waals surface area (Å²) in [7, 11) is 0. The van der Waals surface area contributed by atoms with Crippen LogP contribution >= 0.6 is 0 Å². The molecule has 0 spiro atoms. The molecule has 2 atom stereocenters. The molecule has 150 valence electrons. The highest BCUT2D eigenvalue weighted by molar-refractivity contribution is 4.89. The molecule has 0 aliphatic carbocycles. The second-order valence-electron chi connectivity index (χ2n) is 3.72. The van der Waals surface area contributed by atoms with Gasteiger partial charge < -0.3 is 0 Å². The third kappa shape index (κ3) is 44.9. The smallest absolute Gasteiger partial charge is 0.0653 e. The minimum Gasteiger partial charge on any atom is -0.198 e. The van der Waals surface area contributed by atoms with Crippen LogP contribution in [-0.2, 0) is 0 Å². The Hall–Kier alpha value is -1.03. The van der Waals surface area contributed by atoms with E-state index in [1.54, 1.807) is 0 Å². The van der Waals surface area contributed by atoms with E-state index in [0.717, 1.165) is 25.7 Å². The molecule has 2 unspecified atom stereocenters. The molecule has 0 amide bonds. The van der Waals surface area contributed by atoms with Gasteiger partial charge in [-0.25, -0.2) is 0 Å². The normalized spacial score (nSPS) is 9.09. The summed E-state index contributed by atoms with van der Waals surface area (Å²) >= 11 is 0. The lowest BCUT2D eigenvalue weighted by atomic mass is 9.93. The van der Waals surface area contributed by atoms with Crippen molar-refractivity contribution in [2.75, 3.05) is 0 Å². The van der Waals surface area contributed by atoms with E-state index in [0.29, 0.717) is 5.92 Å². The predicted octanol–water partition coefficient (Wildman–Crippen LogP) is 9.81. The van der Waals surface area contributed by atoms with Crippen molar-refractivity contribution in [1.29, 1.82) is 5.26 Å². The zero-order valence-electron chi connectivity index (χ0n) is 9.37. The standard InChI is InChI=1S/C13H21N.9CH4/c1-4-6-7-8-9-13(5-2)10-12(3)11-14;;;;;;;;;/h5-7,12-13H,2,4,8-10H2,1,3H3;9*1H4/b7-6-;;;;;;;;;. The molecule has 0 heterocycles. The van der Waals surface area contributed by atoms with E-state index in [-0.39, 0.29) is 72.8 Å². The maximum absolute atomic E-state index is 8.69. The summed E-state index contributed by atoms with van der Waals surface area (Å²) in [5.41, 5.74) is 0. The van der Waals surface area contributed by atoms with Crippen LogP contribution in [0.5, 0.6) is 0 Å². The Morgan fingerprint density at radius 2 is 1.35 bits per heavy atom. The Kier molecular flexibility index (Phi) is 146. The average molecular weight is 336 g/mol. The molecule has 23 heavy (non-hydrogen) atoms. The van der Waals surface area contributed by atoms with E-state index in [9.17, 15) is 0 Å². The van der Waals surface area contributed by atoms with Crippen LogP contribution in [0.25, 0.3) is 0 Å². The zero-order chi connectivity index (χ0) is 10.8. The van der Waals surface area contributed by atoms with Crippen molar-refractivity contribution in [3.05, 3.63) is 24.8 Å². The van der Waals surface area contributed by atoms with Gasteiger partial charge >= 0.3 is 0 Å². The van der Waals surface area contributed by atoms with Crippen molar-refractivity contribution in [3.8, 4) is 6.07 Å². The first kappa shape index (κ1) is 67.4. The molecule has 0 fully saturated rings. The van der Waals surface area contributed by atoms with Crippen molar-refractivity contribution in [1.82, 2.24) is 0 Å². The first-order chi connectivity index (χ1) is 6.74. The van der Waals surface area contributed by atoms with Gasteiger partial charge in [-0.1, -0.05) is 92.0 Å². The van der Waals surface area contributed by atoms with Gasteiger partial charge in [0.05, 0.1) is 6.07 Å². The first-order valence-electron chi connectivity index (χ1n) is 5.41. The van der Waals surface area contributed by atoms with Crippen molar-refractivity contribution < 1.29 is 0 Å². The molecule has 0 N–H and O–H groups in total. The molecule has 0 aromatic carbocycles. The van der Waals surface area contributed by atoms with Gasteiger partial charge in [0, 0.05) is 5.92 Å². The van der Waals surface area contributed by atoms with Crippen LogP contribution in [0.4, 0.5) is 0 Å². The maximum Gasteiger partial charge on any atom is 0.0653 e. The second kappa shape index (κ2) is 49.7. The predicted molar refractivity (Wildman–Crippen MR) is 122 cm³/mol. The molecule has 0 aromatic rings. The van der Waals surface area contributed by atoms with Gasteiger partial charge in [-0.05, 0) is 38.5 Å². The van der Waals surface area contributed by atoms with Crippen molar-refractivity contribution in [2.45, 2.75) is 106 Å². The Morgan fingerprint density at radius 1 is 0.913 bits per heavy atom. The van der Waals surface area contributed by atoms with E-state index in [1.165, 1.54) is 0 Å².